The second-order valence-electron chi connectivity index (χ2n) is 8.58. The van der Waals surface area contributed by atoms with E-state index in [0.29, 0.717) is 29.5 Å². The van der Waals surface area contributed by atoms with E-state index in [2.05, 4.69) is 19.9 Å². The maximum absolute atomic E-state index is 12.3. The maximum atomic E-state index is 12.3. The highest BCUT2D eigenvalue weighted by Gasteiger charge is 2.57. The molecular weight excluding hydrogens is 260 g/mol. The summed E-state index contributed by atoms with van der Waals surface area (Å²) in [5.74, 6) is 2.55. The number of allylic oxidation sites excluding steroid dienone is 2. The summed E-state index contributed by atoms with van der Waals surface area (Å²) in [6.07, 6.45) is 10.8. The topological polar surface area (TPSA) is 37.3 Å². The van der Waals surface area contributed by atoms with Crippen LogP contribution < -0.4 is 0 Å². The van der Waals surface area contributed by atoms with Crippen LogP contribution in [0.4, 0.5) is 0 Å². The van der Waals surface area contributed by atoms with E-state index in [4.69, 9.17) is 0 Å². The van der Waals surface area contributed by atoms with Crippen molar-refractivity contribution >= 4 is 5.78 Å². The number of rotatable bonds is 0. The van der Waals surface area contributed by atoms with Gasteiger partial charge in [-0.25, -0.2) is 0 Å². The van der Waals surface area contributed by atoms with Crippen LogP contribution in [0.3, 0.4) is 0 Å². The molecule has 4 aliphatic carbocycles. The molecule has 4 aliphatic rings. The Balaban J connectivity index is 1.67. The van der Waals surface area contributed by atoms with E-state index in [1.165, 1.54) is 31.3 Å². The Morgan fingerprint density at radius 1 is 1.14 bits per heavy atom. The molecule has 0 saturated heterocycles. The second kappa shape index (κ2) is 4.44. The largest absolute Gasteiger partial charge is 0.393 e. The first kappa shape index (κ1) is 14.0. The van der Waals surface area contributed by atoms with Gasteiger partial charge in [0, 0.05) is 11.8 Å². The Bertz CT molecular complexity index is 508. The number of ketones is 1. The molecule has 1 N–H and O–H groups in total. The molecule has 2 nitrogen and oxygen atoms in total. The number of Topliss-reactive ketones (excluding diaryl/α,β-unsaturated/α-hetero) is 1. The molecule has 6 atom stereocenters. The zero-order valence-electron chi connectivity index (χ0n) is 13.4. The summed E-state index contributed by atoms with van der Waals surface area (Å²) in [5.41, 5.74) is 1.77. The summed E-state index contributed by atoms with van der Waals surface area (Å²) in [7, 11) is 0. The number of fused-ring (bicyclic) bond motifs is 5. The zero-order valence-corrected chi connectivity index (χ0v) is 13.4. The maximum Gasteiger partial charge on any atom is 0.146 e. The van der Waals surface area contributed by atoms with Gasteiger partial charge in [0.25, 0.3) is 0 Å². The Morgan fingerprint density at radius 2 is 1.95 bits per heavy atom. The molecule has 0 spiro atoms. The molecule has 0 aromatic carbocycles. The lowest BCUT2D eigenvalue weighted by atomic mass is 9.46. The van der Waals surface area contributed by atoms with Crippen LogP contribution in [0, 0.1) is 28.6 Å². The molecule has 3 saturated carbocycles. The molecule has 0 heterocycles. The van der Waals surface area contributed by atoms with Crippen molar-refractivity contribution in [1.29, 1.82) is 0 Å². The van der Waals surface area contributed by atoms with E-state index in [1.807, 2.05) is 0 Å². The van der Waals surface area contributed by atoms with Crippen molar-refractivity contribution in [3.63, 3.8) is 0 Å². The number of carbonyl (C=O) groups excluding carboxylic acids is 1. The van der Waals surface area contributed by atoms with Crippen molar-refractivity contribution in [2.45, 2.75) is 71.3 Å². The standard InChI is InChI=1S/C19H28O2/c1-18-9-7-13(20)11-12(18)3-4-14-15-5-6-17(21)19(15,2)10-8-16(14)18/h5,12-14,16,20H,3-4,6-11H2,1-2H3/t12?,13-,14+,16+,18+,19+/m1/s1. The summed E-state index contributed by atoms with van der Waals surface area (Å²) in [6.45, 7) is 4.68. The summed E-state index contributed by atoms with van der Waals surface area (Å²) in [6, 6.07) is 0. The number of aliphatic hydroxyl groups excluding tert-OH is 1. The lowest BCUT2D eigenvalue weighted by molar-refractivity contribution is -0.128. The Hall–Kier alpha value is -0.630. The molecule has 116 valence electrons. The minimum atomic E-state index is -0.126. The van der Waals surface area contributed by atoms with E-state index < -0.39 is 0 Å². The van der Waals surface area contributed by atoms with Gasteiger partial charge in [0.15, 0.2) is 0 Å². The summed E-state index contributed by atoms with van der Waals surface area (Å²) in [5, 5.41) is 10.0. The fourth-order valence-electron chi connectivity index (χ4n) is 6.38. The molecule has 0 aliphatic heterocycles. The minimum Gasteiger partial charge on any atom is -0.393 e. The summed E-state index contributed by atoms with van der Waals surface area (Å²) >= 11 is 0. The van der Waals surface area contributed by atoms with Gasteiger partial charge in [-0.2, -0.15) is 0 Å². The van der Waals surface area contributed by atoms with Crippen LogP contribution in [0.25, 0.3) is 0 Å². The summed E-state index contributed by atoms with van der Waals surface area (Å²) in [4.78, 5) is 12.3. The molecule has 0 aromatic heterocycles. The van der Waals surface area contributed by atoms with E-state index in [-0.39, 0.29) is 11.5 Å². The third-order valence-corrected chi connectivity index (χ3v) is 7.78. The van der Waals surface area contributed by atoms with Gasteiger partial charge in [0.2, 0.25) is 0 Å². The average molecular weight is 288 g/mol. The molecule has 0 bridgehead atoms. The van der Waals surface area contributed by atoms with Gasteiger partial charge in [-0.15, -0.1) is 0 Å². The Labute approximate surface area is 128 Å². The van der Waals surface area contributed by atoms with Gasteiger partial charge in [0.05, 0.1) is 6.10 Å². The van der Waals surface area contributed by atoms with E-state index in [0.717, 1.165) is 25.2 Å². The number of hydrogen-bond acceptors (Lipinski definition) is 2. The third-order valence-electron chi connectivity index (χ3n) is 7.78. The first-order valence-corrected chi connectivity index (χ1v) is 8.87. The minimum absolute atomic E-state index is 0.0687. The highest BCUT2D eigenvalue weighted by atomic mass is 16.3. The van der Waals surface area contributed by atoms with Crippen molar-refractivity contribution in [2.75, 3.05) is 0 Å². The van der Waals surface area contributed by atoms with Gasteiger partial charge in [-0.3, -0.25) is 4.79 Å². The number of carbonyl (C=O) groups is 1. The third kappa shape index (κ3) is 1.78. The fraction of sp³-hybridized carbons (Fsp3) is 0.842. The molecular formula is C19H28O2. The number of aliphatic hydroxyl groups is 1. The van der Waals surface area contributed by atoms with E-state index in [9.17, 15) is 9.90 Å². The molecule has 1 unspecified atom stereocenters. The fourth-order valence-corrected chi connectivity index (χ4v) is 6.38. The average Bonchev–Trinajstić information content (AvgIpc) is 2.76. The Morgan fingerprint density at radius 3 is 2.76 bits per heavy atom. The predicted octanol–water partition coefficient (Wildman–Crippen LogP) is 3.88. The lowest BCUT2D eigenvalue weighted by Crippen LogP contribution is -2.51. The van der Waals surface area contributed by atoms with Crippen molar-refractivity contribution < 1.29 is 9.90 Å². The van der Waals surface area contributed by atoms with Crippen LogP contribution in [0.2, 0.25) is 0 Å². The molecule has 0 amide bonds. The quantitative estimate of drug-likeness (QED) is 0.687. The zero-order chi connectivity index (χ0) is 14.8. The lowest BCUT2D eigenvalue weighted by Gasteiger charge is -2.58. The van der Waals surface area contributed by atoms with Crippen molar-refractivity contribution in [3.05, 3.63) is 11.6 Å². The van der Waals surface area contributed by atoms with Crippen LogP contribution in [-0.4, -0.2) is 17.0 Å². The second-order valence-corrected chi connectivity index (χ2v) is 8.58. The van der Waals surface area contributed by atoms with Crippen molar-refractivity contribution in [2.24, 2.45) is 28.6 Å². The number of hydrogen-bond donors (Lipinski definition) is 1. The van der Waals surface area contributed by atoms with Crippen LogP contribution in [-0.2, 0) is 4.79 Å². The van der Waals surface area contributed by atoms with Crippen molar-refractivity contribution in [3.8, 4) is 0 Å². The van der Waals surface area contributed by atoms with Crippen LogP contribution in [0.5, 0.6) is 0 Å². The van der Waals surface area contributed by atoms with Crippen molar-refractivity contribution in [1.82, 2.24) is 0 Å². The van der Waals surface area contributed by atoms with Crippen LogP contribution in [0.1, 0.15) is 65.2 Å². The van der Waals surface area contributed by atoms with Gasteiger partial charge in [-0.05, 0) is 75.0 Å². The molecule has 0 aromatic rings. The van der Waals surface area contributed by atoms with Gasteiger partial charge in [0.1, 0.15) is 5.78 Å². The molecule has 3 fully saturated rings. The van der Waals surface area contributed by atoms with Gasteiger partial charge >= 0.3 is 0 Å². The normalized spacial score (nSPS) is 52.7. The van der Waals surface area contributed by atoms with Gasteiger partial charge in [-0.1, -0.05) is 18.6 Å². The smallest absolute Gasteiger partial charge is 0.146 e. The summed E-state index contributed by atoms with van der Waals surface area (Å²) < 4.78 is 0. The first-order chi connectivity index (χ1) is 9.95. The highest BCUT2D eigenvalue weighted by molar-refractivity contribution is 5.92. The molecule has 21 heavy (non-hydrogen) atoms. The molecule has 4 rings (SSSR count). The molecule has 0 radical (unpaired) electrons. The molecule has 2 heteroatoms. The predicted molar refractivity (Wildman–Crippen MR) is 82.7 cm³/mol. The van der Waals surface area contributed by atoms with E-state index >= 15 is 0 Å². The van der Waals surface area contributed by atoms with Gasteiger partial charge < -0.3 is 5.11 Å². The monoisotopic (exact) mass is 288 g/mol. The first-order valence-electron chi connectivity index (χ1n) is 8.87. The van der Waals surface area contributed by atoms with E-state index in [1.54, 1.807) is 0 Å². The highest BCUT2D eigenvalue weighted by Crippen LogP contribution is 2.64. The van der Waals surface area contributed by atoms with Crippen LogP contribution >= 0.6 is 0 Å². The van der Waals surface area contributed by atoms with Crippen LogP contribution in [0.15, 0.2) is 11.6 Å². The SMILES string of the molecule is C[C@]12CC[C@H]3[C@@H](CCC4C[C@H](O)CC[C@@]43C)C1=CCC2=O. The Kier molecular flexibility index (Phi) is 2.96.